The molecular formula is C14H17ClO3. The third-order valence-electron chi connectivity index (χ3n) is 3.16. The molecule has 18 heavy (non-hydrogen) atoms. The highest BCUT2D eigenvalue weighted by Crippen LogP contribution is 2.30. The van der Waals surface area contributed by atoms with Gasteiger partial charge in [-0.05, 0) is 23.6 Å². The SMILES string of the molecule is CC(CC=O)c1ccc(OC2CCOC2)c(Cl)c1. The number of hydrogen-bond acceptors (Lipinski definition) is 3. The fourth-order valence-corrected chi connectivity index (χ4v) is 2.22. The van der Waals surface area contributed by atoms with Crippen molar-refractivity contribution in [2.24, 2.45) is 0 Å². The molecule has 1 aromatic carbocycles. The lowest BCUT2D eigenvalue weighted by atomic mass is 9.98. The molecule has 0 amide bonds. The Morgan fingerprint density at radius 3 is 3.06 bits per heavy atom. The number of benzene rings is 1. The van der Waals surface area contributed by atoms with Gasteiger partial charge in [0, 0.05) is 12.8 Å². The van der Waals surface area contributed by atoms with Gasteiger partial charge in [0.1, 0.15) is 18.1 Å². The monoisotopic (exact) mass is 268 g/mol. The van der Waals surface area contributed by atoms with E-state index >= 15 is 0 Å². The lowest BCUT2D eigenvalue weighted by molar-refractivity contribution is -0.108. The molecule has 2 unspecified atom stereocenters. The Morgan fingerprint density at radius 1 is 1.61 bits per heavy atom. The summed E-state index contributed by atoms with van der Waals surface area (Å²) in [5.74, 6) is 0.873. The van der Waals surface area contributed by atoms with Crippen LogP contribution in [0.2, 0.25) is 5.02 Å². The van der Waals surface area contributed by atoms with Gasteiger partial charge >= 0.3 is 0 Å². The van der Waals surface area contributed by atoms with Gasteiger partial charge in [-0.2, -0.15) is 0 Å². The van der Waals surface area contributed by atoms with Crippen molar-refractivity contribution in [2.75, 3.05) is 13.2 Å². The second kappa shape index (κ2) is 6.21. The van der Waals surface area contributed by atoms with Crippen molar-refractivity contribution in [3.8, 4) is 5.75 Å². The fourth-order valence-electron chi connectivity index (χ4n) is 1.99. The number of carbonyl (C=O) groups is 1. The topological polar surface area (TPSA) is 35.5 Å². The van der Waals surface area contributed by atoms with E-state index in [1.807, 2.05) is 25.1 Å². The van der Waals surface area contributed by atoms with Gasteiger partial charge in [0.15, 0.2) is 0 Å². The maximum absolute atomic E-state index is 10.5. The molecule has 1 aliphatic heterocycles. The second-order valence-electron chi connectivity index (χ2n) is 4.60. The van der Waals surface area contributed by atoms with Crippen LogP contribution in [0.25, 0.3) is 0 Å². The Kier molecular flexibility index (Phi) is 4.61. The number of aldehydes is 1. The molecule has 1 saturated heterocycles. The third-order valence-corrected chi connectivity index (χ3v) is 3.45. The minimum absolute atomic E-state index is 0.0979. The van der Waals surface area contributed by atoms with Crippen molar-refractivity contribution in [2.45, 2.75) is 31.8 Å². The normalized spacial score (nSPS) is 20.7. The average molecular weight is 269 g/mol. The van der Waals surface area contributed by atoms with E-state index in [0.717, 1.165) is 24.9 Å². The molecule has 1 aromatic rings. The molecule has 0 aliphatic carbocycles. The summed E-state index contributed by atoms with van der Waals surface area (Å²) in [6, 6.07) is 5.71. The molecule has 1 heterocycles. The van der Waals surface area contributed by atoms with Crippen LogP contribution in [0.15, 0.2) is 18.2 Å². The largest absolute Gasteiger partial charge is 0.486 e. The van der Waals surface area contributed by atoms with Crippen molar-refractivity contribution < 1.29 is 14.3 Å². The molecule has 0 spiro atoms. The highest BCUT2D eigenvalue weighted by Gasteiger charge is 2.18. The van der Waals surface area contributed by atoms with Gasteiger partial charge in [-0.1, -0.05) is 24.6 Å². The summed E-state index contributed by atoms with van der Waals surface area (Å²) >= 11 is 6.20. The van der Waals surface area contributed by atoms with Gasteiger partial charge in [0.2, 0.25) is 0 Å². The van der Waals surface area contributed by atoms with Crippen LogP contribution in [0.5, 0.6) is 5.75 Å². The number of hydrogen-bond donors (Lipinski definition) is 0. The van der Waals surface area contributed by atoms with Crippen LogP contribution in [0.3, 0.4) is 0 Å². The third kappa shape index (κ3) is 3.24. The summed E-state index contributed by atoms with van der Waals surface area (Å²) in [6.45, 7) is 3.38. The molecule has 2 atom stereocenters. The van der Waals surface area contributed by atoms with E-state index in [-0.39, 0.29) is 12.0 Å². The molecule has 0 bridgehead atoms. The Morgan fingerprint density at radius 2 is 2.44 bits per heavy atom. The first kappa shape index (κ1) is 13.4. The first-order valence-electron chi connectivity index (χ1n) is 6.18. The molecule has 0 radical (unpaired) electrons. The first-order valence-corrected chi connectivity index (χ1v) is 6.56. The van der Waals surface area contributed by atoms with Crippen LogP contribution in [-0.2, 0) is 9.53 Å². The van der Waals surface area contributed by atoms with E-state index in [1.54, 1.807) is 0 Å². The van der Waals surface area contributed by atoms with E-state index in [9.17, 15) is 4.79 Å². The molecule has 1 aliphatic rings. The Hall–Kier alpha value is -1.06. The molecule has 0 saturated carbocycles. The van der Waals surface area contributed by atoms with Crippen LogP contribution < -0.4 is 4.74 Å². The minimum Gasteiger partial charge on any atom is -0.486 e. The maximum Gasteiger partial charge on any atom is 0.138 e. The molecule has 1 fully saturated rings. The summed E-state index contributed by atoms with van der Waals surface area (Å²) in [5, 5.41) is 0.595. The predicted molar refractivity (Wildman–Crippen MR) is 70.4 cm³/mol. The highest BCUT2D eigenvalue weighted by atomic mass is 35.5. The predicted octanol–water partition coefficient (Wildman–Crippen LogP) is 3.20. The molecule has 0 aromatic heterocycles. The van der Waals surface area contributed by atoms with Crippen molar-refractivity contribution in [3.63, 3.8) is 0 Å². The standard InChI is InChI=1S/C14H17ClO3/c1-10(4-6-16)11-2-3-14(13(15)8-11)18-12-5-7-17-9-12/h2-3,6,8,10,12H,4-5,7,9H2,1H3. The number of ether oxygens (including phenoxy) is 2. The van der Waals surface area contributed by atoms with Crippen LogP contribution in [-0.4, -0.2) is 25.6 Å². The zero-order valence-corrected chi connectivity index (χ0v) is 11.2. The molecule has 0 N–H and O–H groups in total. The van der Waals surface area contributed by atoms with Gasteiger partial charge in [0.05, 0.1) is 18.2 Å². The summed E-state index contributed by atoms with van der Waals surface area (Å²) in [5.41, 5.74) is 1.06. The van der Waals surface area contributed by atoms with Gasteiger partial charge in [0.25, 0.3) is 0 Å². The fraction of sp³-hybridized carbons (Fsp3) is 0.500. The van der Waals surface area contributed by atoms with Crippen molar-refractivity contribution in [1.29, 1.82) is 0 Å². The lowest BCUT2D eigenvalue weighted by Crippen LogP contribution is -2.15. The van der Waals surface area contributed by atoms with Gasteiger partial charge < -0.3 is 14.3 Å². The van der Waals surface area contributed by atoms with E-state index in [0.29, 0.717) is 23.8 Å². The highest BCUT2D eigenvalue weighted by molar-refractivity contribution is 6.32. The lowest BCUT2D eigenvalue weighted by Gasteiger charge is -2.15. The Balaban J connectivity index is 2.06. The average Bonchev–Trinajstić information content (AvgIpc) is 2.85. The number of carbonyl (C=O) groups excluding carboxylic acids is 1. The first-order chi connectivity index (χ1) is 8.70. The van der Waals surface area contributed by atoms with Crippen molar-refractivity contribution >= 4 is 17.9 Å². The van der Waals surface area contributed by atoms with Crippen LogP contribution in [0, 0.1) is 0 Å². The van der Waals surface area contributed by atoms with Crippen molar-refractivity contribution in [3.05, 3.63) is 28.8 Å². The second-order valence-corrected chi connectivity index (χ2v) is 5.00. The van der Waals surface area contributed by atoms with E-state index in [4.69, 9.17) is 21.1 Å². The summed E-state index contributed by atoms with van der Waals surface area (Å²) in [7, 11) is 0. The van der Waals surface area contributed by atoms with E-state index in [2.05, 4.69) is 0 Å². The zero-order valence-electron chi connectivity index (χ0n) is 10.4. The zero-order chi connectivity index (χ0) is 13.0. The summed E-state index contributed by atoms with van der Waals surface area (Å²) < 4.78 is 11.0. The Labute approximate surface area is 112 Å². The Bertz CT molecular complexity index is 414. The smallest absolute Gasteiger partial charge is 0.138 e. The number of rotatable bonds is 5. The maximum atomic E-state index is 10.5. The van der Waals surface area contributed by atoms with E-state index < -0.39 is 0 Å². The number of halogens is 1. The molecular weight excluding hydrogens is 252 g/mol. The molecule has 2 rings (SSSR count). The summed E-state index contributed by atoms with van der Waals surface area (Å²) in [6.07, 6.45) is 2.44. The molecule has 98 valence electrons. The van der Waals surface area contributed by atoms with Gasteiger partial charge in [-0.3, -0.25) is 0 Å². The molecule has 4 heteroatoms. The minimum atomic E-state index is 0.0979. The van der Waals surface area contributed by atoms with Crippen LogP contribution in [0.1, 0.15) is 31.2 Å². The quantitative estimate of drug-likeness (QED) is 0.770. The van der Waals surface area contributed by atoms with Crippen LogP contribution in [0.4, 0.5) is 0 Å². The van der Waals surface area contributed by atoms with E-state index in [1.165, 1.54) is 0 Å². The van der Waals surface area contributed by atoms with Gasteiger partial charge in [-0.25, -0.2) is 0 Å². The molecule has 3 nitrogen and oxygen atoms in total. The summed E-state index contributed by atoms with van der Waals surface area (Å²) in [4.78, 5) is 10.5. The van der Waals surface area contributed by atoms with Gasteiger partial charge in [-0.15, -0.1) is 0 Å². The van der Waals surface area contributed by atoms with Crippen LogP contribution >= 0.6 is 11.6 Å². The van der Waals surface area contributed by atoms with Crippen molar-refractivity contribution in [1.82, 2.24) is 0 Å².